The first-order valence-electron chi connectivity index (χ1n) is 35.3. The quantitative estimate of drug-likeness (QED) is 0.0847. The van der Waals surface area contributed by atoms with Crippen molar-refractivity contribution < 1.29 is 103 Å². The Labute approximate surface area is 635 Å². The molecule has 11 heterocycles. The van der Waals surface area contributed by atoms with Gasteiger partial charge in [-0.15, -0.1) is 0 Å². The van der Waals surface area contributed by atoms with Crippen LogP contribution in [0.5, 0.6) is 28.7 Å². The monoisotopic (exact) mass is 1630 g/mol. The zero-order chi connectivity index (χ0) is 82.8. The van der Waals surface area contributed by atoms with Crippen LogP contribution in [0.3, 0.4) is 0 Å². The fourth-order valence-corrected chi connectivity index (χ4v) is 13.8. The Morgan fingerprint density at radius 2 is 0.861 bits per heavy atom. The van der Waals surface area contributed by atoms with Crippen molar-refractivity contribution in [3.63, 3.8) is 0 Å². The van der Waals surface area contributed by atoms with Gasteiger partial charge in [-0.2, -0.15) is 79.0 Å². The third kappa shape index (κ3) is 18.3. The summed E-state index contributed by atoms with van der Waals surface area (Å²) in [6.45, 7) is 7.04. The number of fused-ring (bicyclic) bond motifs is 10. The third-order valence-electron chi connectivity index (χ3n) is 19.3. The molecule has 5 aliphatic heterocycles. The second kappa shape index (κ2) is 31.1. The largest absolute Gasteiger partial charge is 0.490 e. The van der Waals surface area contributed by atoms with Gasteiger partial charge in [0.15, 0.2) is 0 Å². The van der Waals surface area contributed by atoms with Gasteiger partial charge >= 0.3 is 37.1 Å². The predicted octanol–water partition coefficient (Wildman–Crippen LogP) is 15.7. The van der Waals surface area contributed by atoms with E-state index >= 15 is 0 Å². The highest BCUT2D eigenvalue weighted by molar-refractivity contribution is 5.93. The van der Waals surface area contributed by atoms with Crippen molar-refractivity contribution in [1.29, 1.82) is 0 Å². The van der Waals surface area contributed by atoms with Crippen molar-refractivity contribution in [2.24, 2.45) is 5.92 Å². The molecule has 0 saturated heterocycles. The van der Waals surface area contributed by atoms with Gasteiger partial charge in [-0.1, -0.05) is 13.0 Å². The Morgan fingerprint density at radius 3 is 1.29 bits per heavy atom. The summed E-state index contributed by atoms with van der Waals surface area (Å²) in [4.78, 5) is 80.5. The Hall–Kier alpha value is -12.0. The molecule has 17 rings (SSSR count). The molecule has 6 N–H and O–H groups in total. The molecular weight excluding hydrogens is 1570 g/mol. The van der Waals surface area contributed by atoms with Crippen LogP contribution < -0.4 is 76.4 Å². The van der Waals surface area contributed by atoms with Gasteiger partial charge in [0.2, 0.25) is 27.8 Å². The van der Waals surface area contributed by atoms with E-state index in [1.807, 2.05) is 35.9 Å². The molecule has 0 bridgehead atoms. The van der Waals surface area contributed by atoms with Gasteiger partial charge in [0.1, 0.15) is 67.8 Å². The SMILES string of the molecule is CC1COc2cc3[nH]c(=O)cc(C(F)(F)F)c3cc2N1CC(F)(F)F.CCC1CN(C)c2cc3c(C(F)(F)F)cc(=O)[nH]c3cc2O1.O=c1cc(C(F)(F)F)c2cc3c(cc2[nH]1)OCCN3.O=c1cc(C(F)(F)F)c2cc3c(cc2[nH]1)OCCN3CC1CC1.O=c1cc(C(F)(F)F)c2cc3c(cc2[nH]1)OCCN3Cc1ccccn1. The molecule has 11 aromatic rings. The lowest BCUT2D eigenvalue weighted by Gasteiger charge is -2.37. The van der Waals surface area contributed by atoms with Crippen LogP contribution in [0.2, 0.25) is 0 Å². The summed E-state index contributed by atoms with van der Waals surface area (Å²) in [5.41, 5.74) is -5.69. The summed E-state index contributed by atoms with van der Waals surface area (Å²) in [5, 5.41) is 2.43. The third-order valence-corrected chi connectivity index (χ3v) is 19.3. The van der Waals surface area contributed by atoms with E-state index in [2.05, 4.69) is 40.1 Å². The predicted molar refractivity (Wildman–Crippen MR) is 389 cm³/mol. The molecule has 1 fully saturated rings. The molecule has 0 radical (unpaired) electrons. The number of nitrogens with zero attached hydrogens (tertiary/aromatic N) is 5. The number of aromatic nitrogens is 6. The Bertz CT molecular complexity index is 5840. The highest BCUT2D eigenvalue weighted by atomic mass is 19.4. The first-order valence-corrected chi connectivity index (χ1v) is 35.3. The minimum Gasteiger partial charge on any atom is -0.490 e. The second-order valence-electron chi connectivity index (χ2n) is 27.6. The topological polar surface area (TPSA) is 248 Å². The van der Waals surface area contributed by atoms with Crippen LogP contribution in [0.15, 0.2) is 139 Å². The van der Waals surface area contributed by atoms with Crippen molar-refractivity contribution in [3.8, 4) is 28.7 Å². The lowest BCUT2D eigenvalue weighted by atomic mass is 10.0. The summed E-state index contributed by atoms with van der Waals surface area (Å²) >= 11 is 0. The molecule has 610 valence electrons. The number of nitrogens with one attached hydrogen (secondary N) is 6. The van der Waals surface area contributed by atoms with E-state index in [4.69, 9.17) is 23.7 Å². The molecule has 6 aromatic heterocycles. The molecule has 1 aliphatic carbocycles. The average Bonchev–Trinajstić information content (AvgIpc) is 1.41. The van der Waals surface area contributed by atoms with Gasteiger partial charge in [0, 0.05) is 114 Å². The van der Waals surface area contributed by atoms with Crippen molar-refractivity contribution in [2.45, 2.75) is 88.9 Å². The number of H-pyrrole nitrogens is 5. The number of anilines is 5. The van der Waals surface area contributed by atoms with Crippen molar-refractivity contribution in [1.82, 2.24) is 29.9 Å². The summed E-state index contributed by atoms with van der Waals surface area (Å²) in [6.07, 6.45) is -22.9. The molecule has 6 aliphatic rings. The van der Waals surface area contributed by atoms with Gasteiger partial charge in [0.25, 0.3) is 0 Å². The zero-order valence-corrected chi connectivity index (χ0v) is 60.2. The highest BCUT2D eigenvalue weighted by Crippen LogP contribution is 2.47. The summed E-state index contributed by atoms with van der Waals surface area (Å²) in [5.74, 6) is 2.50. The van der Waals surface area contributed by atoms with E-state index in [9.17, 15) is 103 Å². The molecule has 21 nitrogen and oxygen atoms in total. The second-order valence-corrected chi connectivity index (χ2v) is 27.6. The number of benzene rings is 5. The maximum absolute atomic E-state index is 13.4. The molecule has 0 amide bonds. The zero-order valence-electron chi connectivity index (χ0n) is 60.2. The van der Waals surface area contributed by atoms with Crippen LogP contribution >= 0.6 is 0 Å². The number of halogens is 18. The van der Waals surface area contributed by atoms with Gasteiger partial charge in [-0.05, 0) is 74.6 Å². The van der Waals surface area contributed by atoms with Crippen LogP contribution in [0.25, 0.3) is 54.5 Å². The molecule has 39 heteroatoms. The number of hydrogen-bond donors (Lipinski definition) is 6. The smallest absolute Gasteiger partial charge is 0.417 e. The molecule has 1 saturated carbocycles. The van der Waals surface area contributed by atoms with Crippen molar-refractivity contribution >= 4 is 83.0 Å². The van der Waals surface area contributed by atoms with E-state index in [-0.39, 0.29) is 73.3 Å². The number of ether oxygens (including phenoxy) is 5. The van der Waals surface area contributed by atoms with E-state index in [0.29, 0.717) is 135 Å². The average molecular weight is 1630 g/mol. The van der Waals surface area contributed by atoms with Crippen LogP contribution in [0, 0.1) is 5.92 Å². The maximum atomic E-state index is 13.4. The number of alkyl halides is 18. The fourth-order valence-electron chi connectivity index (χ4n) is 13.8. The maximum Gasteiger partial charge on any atom is 0.417 e. The summed E-state index contributed by atoms with van der Waals surface area (Å²) in [7, 11) is 1.81. The summed E-state index contributed by atoms with van der Waals surface area (Å²) < 4.78 is 264. The minimum atomic E-state index is -4.82. The van der Waals surface area contributed by atoms with Crippen LogP contribution in [-0.2, 0) is 37.4 Å². The standard InChI is InChI=1S/C18H14F3N3O2.C16H15F3N2O2.C15H12F6N2O2.C15H15F3N2O2.C12H9F3N2O2/c19-18(20,21)13-8-17(25)23-14-9-16-15(7-12(13)14)24(5-6-26-16)10-11-3-1-2-4-22-11;17-16(18,19)11-6-15(22)20-12-7-14-13(5-10(11)12)21(3-4-23-14)8-9-1-2-9;1-7-5-25-12-4-10-8(2-11(12)23(7)6-14(16,17)18)9(15(19,20)21)3-13(24)22-10;1-3-8-7-20(2)12-4-9-10(15(16,17)18)5-14(21)19-11(9)6-13(12)22-8;13-12(14,15)7-4-11(18)17-8-5-10-9(3-6(7)8)16-1-2-19-10/h1-4,7-9H,5-6,10H2,(H,23,25);5-7,9H,1-4,8H2,(H,20,22);2-4,7H,5-6H2,1H3,(H,22,24);4-6,8H,3,7H2,1-2H3,(H,19,21);3-5,16H,1-2H2,(H,17,18). The number of likely N-dealkylation sites (N-methyl/N-ethyl adjacent to an activating group) is 1. The minimum absolute atomic E-state index is 0.00199. The lowest BCUT2D eigenvalue weighted by Crippen LogP contribution is -2.46. The van der Waals surface area contributed by atoms with Crippen LogP contribution in [0.4, 0.5) is 107 Å². The Morgan fingerprint density at radius 1 is 0.461 bits per heavy atom. The first kappa shape index (κ1) is 81.1. The number of aromatic amines is 5. The van der Waals surface area contributed by atoms with Gasteiger partial charge < -0.3 is 73.5 Å². The van der Waals surface area contributed by atoms with Crippen LogP contribution in [0.1, 0.15) is 66.6 Å². The van der Waals surface area contributed by atoms with E-state index in [1.54, 1.807) is 12.3 Å². The lowest BCUT2D eigenvalue weighted by molar-refractivity contribution is -0.137. The van der Waals surface area contributed by atoms with E-state index < -0.39 is 111 Å². The van der Waals surface area contributed by atoms with Gasteiger partial charge in [-0.3, -0.25) is 29.0 Å². The van der Waals surface area contributed by atoms with Crippen molar-refractivity contribution in [2.75, 3.05) is 97.7 Å². The molecule has 0 spiro atoms. The normalized spacial score (nSPS) is 16.7. The van der Waals surface area contributed by atoms with Crippen molar-refractivity contribution in [3.05, 3.63) is 201 Å². The Kier molecular flexibility index (Phi) is 21.9. The number of rotatable bonds is 6. The Balaban J connectivity index is 0.000000126. The summed E-state index contributed by atoms with van der Waals surface area (Å²) in [6, 6.07) is 21.2. The van der Waals surface area contributed by atoms with Crippen LogP contribution in [-0.4, -0.2) is 121 Å². The highest BCUT2D eigenvalue weighted by Gasteiger charge is 2.42. The van der Waals surface area contributed by atoms with Gasteiger partial charge in [-0.25, -0.2) is 0 Å². The van der Waals surface area contributed by atoms with E-state index in [0.717, 1.165) is 35.7 Å². The number of pyridine rings is 6. The molecular formula is C76H65F18N11O10. The fraction of sp³-hybridized carbons (Fsp3) is 0.342. The molecule has 115 heavy (non-hydrogen) atoms. The number of hydrogen-bond acceptors (Lipinski definition) is 16. The molecule has 2 atom stereocenters. The van der Waals surface area contributed by atoms with E-state index in [1.165, 1.54) is 68.3 Å². The molecule has 2 unspecified atom stereocenters. The molecule has 5 aromatic carbocycles. The first-order chi connectivity index (χ1) is 54.0. The van der Waals surface area contributed by atoms with Gasteiger partial charge in [0.05, 0.1) is 122 Å².